The molecule has 4 aromatic rings. The fourth-order valence-corrected chi connectivity index (χ4v) is 14.4. The van der Waals surface area contributed by atoms with Crippen molar-refractivity contribution in [2.75, 3.05) is 0 Å². The molecule has 0 aliphatic carbocycles. The number of rotatable bonds is 7. The zero-order chi connectivity index (χ0) is 29.6. The Kier molecular flexibility index (Phi) is 8.57. The van der Waals surface area contributed by atoms with Crippen LogP contribution in [-0.4, -0.2) is 11.3 Å². The van der Waals surface area contributed by atoms with Crippen molar-refractivity contribution < 1.29 is 9.13 Å². The van der Waals surface area contributed by atoms with Gasteiger partial charge in [0.25, 0.3) is 0 Å². The van der Waals surface area contributed by atoms with Gasteiger partial charge in [0.15, 0.2) is 0 Å². The Morgan fingerprint density at radius 1 is 0.350 bits per heavy atom. The van der Waals surface area contributed by atoms with Crippen molar-refractivity contribution in [3.63, 3.8) is 0 Å². The molecule has 0 aliphatic rings. The SMILES string of the molecule is Cc1cc(C)cc(P(=O)(c2cc(C)cc(C)c2)C(C)C(C)P(=O)(c2cc(C)cc(C)c2)c2cc(C)cc(C)c2)c1. The summed E-state index contributed by atoms with van der Waals surface area (Å²) in [6, 6.07) is 25.1. The second-order valence-corrected chi connectivity index (χ2v) is 18.5. The molecule has 2 atom stereocenters. The van der Waals surface area contributed by atoms with Gasteiger partial charge in [-0.05, 0) is 104 Å². The van der Waals surface area contributed by atoms with Gasteiger partial charge in [-0.15, -0.1) is 0 Å². The standard InChI is InChI=1S/C36H44O2P2/c1-23-11-24(2)16-33(15-23)39(37,34-17-25(3)12-26(4)18-34)31(9)32(10)40(38,35-19-27(5)13-28(6)20-35)36-21-29(7)14-30(8)22-36/h11-22,31-32H,1-10H3. The maximum atomic E-state index is 15.8. The van der Waals surface area contributed by atoms with E-state index < -0.39 is 14.3 Å². The molecule has 0 bridgehead atoms. The molecular weight excluding hydrogens is 526 g/mol. The summed E-state index contributed by atoms with van der Waals surface area (Å²) in [5.74, 6) is 0. The smallest absolute Gasteiger partial charge is 0.146 e. The van der Waals surface area contributed by atoms with Crippen LogP contribution in [0.5, 0.6) is 0 Å². The quantitative estimate of drug-likeness (QED) is 0.210. The highest BCUT2D eigenvalue weighted by Gasteiger charge is 2.46. The number of hydrogen-bond acceptors (Lipinski definition) is 2. The molecule has 0 N–H and O–H groups in total. The number of aryl methyl sites for hydroxylation is 8. The lowest BCUT2D eigenvalue weighted by Crippen LogP contribution is -2.36. The maximum absolute atomic E-state index is 15.8. The maximum Gasteiger partial charge on any atom is 0.146 e. The Hall–Kier alpha value is -2.66. The Balaban J connectivity index is 2.04. The average Bonchev–Trinajstić information content (AvgIpc) is 2.84. The minimum atomic E-state index is -3.24. The van der Waals surface area contributed by atoms with Crippen molar-refractivity contribution in [1.82, 2.24) is 0 Å². The molecule has 40 heavy (non-hydrogen) atoms. The average molecular weight is 571 g/mol. The molecular formula is C36H44O2P2. The minimum absolute atomic E-state index is 0.373. The summed E-state index contributed by atoms with van der Waals surface area (Å²) in [4.78, 5) is 0. The Morgan fingerprint density at radius 3 is 0.650 bits per heavy atom. The van der Waals surface area contributed by atoms with Crippen LogP contribution in [0.2, 0.25) is 0 Å². The van der Waals surface area contributed by atoms with Crippen LogP contribution in [0.1, 0.15) is 58.4 Å². The van der Waals surface area contributed by atoms with E-state index in [0.29, 0.717) is 0 Å². The molecule has 0 aromatic heterocycles. The third-order valence-corrected chi connectivity index (χ3v) is 15.7. The zero-order valence-electron chi connectivity index (χ0n) is 25.8. The first-order chi connectivity index (χ1) is 18.6. The molecule has 0 amide bonds. The van der Waals surface area contributed by atoms with Gasteiger partial charge in [-0.2, -0.15) is 0 Å². The molecule has 2 unspecified atom stereocenters. The lowest BCUT2D eigenvalue weighted by molar-refractivity contribution is 0.565. The third kappa shape index (κ3) is 5.72. The van der Waals surface area contributed by atoms with Gasteiger partial charge in [0.05, 0.1) is 0 Å². The van der Waals surface area contributed by atoms with Crippen LogP contribution in [0.25, 0.3) is 0 Å². The van der Waals surface area contributed by atoms with E-state index >= 15 is 9.13 Å². The molecule has 4 aromatic carbocycles. The van der Waals surface area contributed by atoms with Gasteiger partial charge in [-0.1, -0.05) is 82.6 Å². The van der Waals surface area contributed by atoms with Gasteiger partial charge in [0.2, 0.25) is 0 Å². The van der Waals surface area contributed by atoms with Gasteiger partial charge in [0, 0.05) is 32.5 Å². The third-order valence-electron chi connectivity index (χ3n) is 8.21. The first-order valence-electron chi connectivity index (χ1n) is 14.2. The largest absolute Gasteiger partial charge is 0.313 e. The molecule has 0 saturated heterocycles. The Morgan fingerprint density at radius 2 is 0.500 bits per heavy atom. The summed E-state index contributed by atoms with van der Waals surface area (Å²) in [7, 11) is -6.47. The van der Waals surface area contributed by atoms with Crippen molar-refractivity contribution in [2.45, 2.75) is 80.6 Å². The lowest BCUT2D eigenvalue weighted by Gasteiger charge is -2.36. The summed E-state index contributed by atoms with van der Waals surface area (Å²) >= 11 is 0. The van der Waals surface area contributed by atoms with E-state index in [0.717, 1.165) is 65.7 Å². The Bertz CT molecular complexity index is 1360. The predicted molar refractivity (Wildman–Crippen MR) is 176 cm³/mol. The summed E-state index contributed by atoms with van der Waals surface area (Å²) in [6.45, 7) is 20.6. The highest BCUT2D eigenvalue weighted by Crippen LogP contribution is 2.60. The van der Waals surface area contributed by atoms with Gasteiger partial charge in [-0.25, -0.2) is 0 Å². The summed E-state index contributed by atoms with van der Waals surface area (Å²) < 4.78 is 31.6. The van der Waals surface area contributed by atoms with Crippen LogP contribution >= 0.6 is 14.3 Å². The van der Waals surface area contributed by atoms with Gasteiger partial charge >= 0.3 is 0 Å². The second-order valence-electron chi connectivity index (χ2n) is 12.2. The van der Waals surface area contributed by atoms with E-state index in [1.54, 1.807) is 0 Å². The minimum Gasteiger partial charge on any atom is -0.313 e. The summed E-state index contributed by atoms with van der Waals surface area (Å²) in [6.07, 6.45) is 0. The first-order valence-corrected chi connectivity index (χ1v) is 17.7. The van der Waals surface area contributed by atoms with Gasteiger partial charge in [0.1, 0.15) is 14.3 Å². The monoisotopic (exact) mass is 570 g/mol. The molecule has 4 rings (SSSR count). The molecule has 0 radical (unpaired) electrons. The van der Waals surface area contributed by atoms with Crippen molar-refractivity contribution in [3.8, 4) is 0 Å². The fourth-order valence-electron chi connectivity index (χ4n) is 6.42. The van der Waals surface area contributed by atoms with Gasteiger partial charge < -0.3 is 9.13 Å². The molecule has 4 heteroatoms. The molecule has 2 nitrogen and oxygen atoms in total. The molecule has 0 aliphatic heterocycles. The predicted octanol–water partition coefficient (Wildman–Crippen LogP) is 8.26. The Labute approximate surface area is 242 Å². The van der Waals surface area contributed by atoms with E-state index in [-0.39, 0.29) is 11.3 Å². The van der Waals surface area contributed by atoms with Crippen LogP contribution in [0.3, 0.4) is 0 Å². The lowest BCUT2D eigenvalue weighted by atomic mass is 10.2. The normalized spacial score (nSPS) is 13.8. The second kappa shape index (κ2) is 11.3. The number of hydrogen-bond donors (Lipinski definition) is 0. The first kappa shape index (κ1) is 30.3. The molecule has 0 fully saturated rings. The van der Waals surface area contributed by atoms with Crippen LogP contribution in [-0.2, 0) is 9.13 Å². The zero-order valence-corrected chi connectivity index (χ0v) is 27.6. The van der Waals surface area contributed by atoms with Crippen LogP contribution in [0.15, 0.2) is 72.8 Å². The van der Waals surface area contributed by atoms with Crippen molar-refractivity contribution in [1.29, 1.82) is 0 Å². The summed E-state index contributed by atoms with van der Waals surface area (Å²) in [5.41, 5.74) is 7.97. The topological polar surface area (TPSA) is 34.1 Å². The number of benzene rings is 4. The highest BCUT2D eigenvalue weighted by atomic mass is 31.2. The van der Waals surface area contributed by atoms with Crippen LogP contribution in [0.4, 0.5) is 0 Å². The van der Waals surface area contributed by atoms with Crippen LogP contribution < -0.4 is 21.2 Å². The molecule has 0 saturated carbocycles. The van der Waals surface area contributed by atoms with Crippen molar-refractivity contribution in [2.24, 2.45) is 0 Å². The van der Waals surface area contributed by atoms with E-state index in [1.807, 2.05) is 0 Å². The van der Waals surface area contributed by atoms with E-state index in [9.17, 15) is 0 Å². The van der Waals surface area contributed by atoms with Crippen molar-refractivity contribution >= 4 is 35.5 Å². The molecule has 0 spiro atoms. The van der Waals surface area contributed by atoms with Crippen molar-refractivity contribution in [3.05, 3.63) is 117 Å². The fraction of sp³-hybridized carbons (Fsp3) is 0.333. The highest BCUT2D eigenvalue weighted by molar-refractivity contribution is 7.83. The summed E-state index contributed by atoms with van der Waals surface area (Å²) in [5, 5.41) is 3.40. The molecule has 210 valence electrons. The van der Waals surface area contributed by atoms with Gasteiger partial charge in [-0.3, -0.25) is 0 Å². The van der Waals surface area contributed by atoms with E-state index in [4.69, 9.17) is 0 Å². The van der Waals surface area contributed by atoms with E-state index in [1.165, 1.54) is 0 Å². The van der Waals surface area contributed by atoms with E-state index in [2.05, 4.69) is 142 Å². The van der Waals surface area contributed by atoms with Crippen LogP contribution in [0, 0.1) is 55.4 Å². The molecule has 0 heterocycles.